The van der Waals surface area contributed by atoms with E-state index in [0.717, 1.165) is 24.5 Å². The van der Waals surface area contributed by atoms with Crippen molar-refractivity contribution in [2.24, 2.45) is 10.7 Å². The molecule has 5 nitrogen and oxygen atoms in total. The molecule has 0 aliphatic carbocycles. The van der Waals surface area contributed by atoms with Gasteiger partial charge < -0.3 is 15.5 Å². The normalized spacial score (nSPS) is 13.3. The van der Waals surface area contributed by atoms with Gasteiger partial charge in [-0.25, -0.2) is 0 Å². The van der Waals surface area contributed by atoms with E-state index in [9.17, 15) is 0 Å². The van der Waals surface area contributed by atoms with Gasteiger partial charge in [-0.05, 0) is 62.3 Å². The maximum absolute atomic E-state index is 6.08. The molecule has 24 heavy (non-hydrogen) atoms. The van der Waals surface area contributed by atoms with E-state index in [-0.39, 0.29) is 6.04 Å². The van der Waals surface area contributed by atoms with E-state index in [2.05, 4.69) is 61.1 Å². The van der Waals surface area contributed by atoms with E-state index >= 15 is 0 Å². The van der Waals surface area contributed by atoms with E-state index < -0.39 is 0 Å². The zero-order chi connectivity index (χ0) is 17.5. The van der Waals surface area contributed by atoms with Crippen molar-refractivity contribution >= 4 is 11.6 Å². The fraction of sp³-hybridized carbons (Fsp3) is 0.421. The van der Waals surface area contributed by atoms with Gasteiger partial charge in [-0.1, -0.05) is 19.9 Å². The molecule has 5 heteroatoms. The van der Waals surface area contributed by atoms with Crippen molar-refractivity contribution in [2.75, 3.05) is 25.0 Å². The molecule has 1 aromatic carbocycles. The van der Waals surface area contributed by atoms with E-state index in [1.165, 1.54) is 11.1 Å². The second kappa shape index (κ2) is 8.55. The first-order valence-corrected chi connectivity index (χ1v) is 8.46. The van der Waals surface area contributed by atoms with Crippen LogP contribution >= 0.6 is 0 Å². The third-order valence-electron chi connectivity index (χ3n) is 4.05. The SMILES string of the molecule is CCN(CC)C(CN=C(N)Nc1cc(C)cc(C)c1)c1ccco1. The van der Waals surface area contributed by atoms with Crippen molar-refractivity contribution < 1.29 is 4.42 Å². The Bertz CT molecular complexity index is 640. The van der Waals surface area contributed by atoms with Crippen molar-refractivity contribution in [2.45, 2.75) is 33.7 Å². The molecule has 1 atom stereocenters. The minimum Gasteiger partial charge on any atom is -0.468 e. The molecule has 0 spiro atoms. The summed E-state index contributed by atoms with van der Waals surface area (Å²) in [7, 11) is 0. The topological polar surface area (TPSA) is 66.8 Å². The van der Waals surface area contributed by atoms with Crippen molar-refractivity contribution in [3.05, 3.63) is 53.5 Å². The van der Waals surface area contributed by atoms with Crippen molar-refractivity contribution in [3.8, 4) is 0 Å². The molecular weight excluding hydrogens is 300 g/mol. The first kappa shape index (κ1) is 18.1. The van der Waals surface area contributed by atoms with Crippen LogP contribution in [0.4, 0.5) is 5.69 Å². The summed E-state index contributed by atoms with van der Waals surface area (Å²) in [6.45, 7) is 10.8. The molecule has 0 radical (unpaired) electrons. The summed E-state index contributed by atoms with van der Waals surface area (Å²) >= 11 is 0. The average Bonchev–Trinajstić information content (AvgIpc) is 3.04. The Morgan fingerprint density at radius 3 is 2.42 bits per heavy atom. The van der Waals surface area contributed by atoms with Crippen LogP contribution in [0.3, 0.4) is 0 Å². The highest BCUT2D eigenvalue weighted by molar-refractivity contribution is 5.92. The van der Waals surface area contributed by atoms with Gasteiger partial charge in [-0.15, -0.1) is 0 Å². The second-order valence-corrected chi connectivity index (χ2v) is 5.98. The highest BCUT2D eigenvalue weighted by Gasteiger charge is 2.20. The summed E-state index contributed by atoms with van der Waals surface area (Å²) in [4.78, 5) is 6.85. The Morgan fingerprint density at radius 2 is 1.88 bits per heavy atom. The van der Waals surface area contributed by atoms with Crippen LogP contribution in [0.2, 0.25) is 0 Å². The lowest BCUT2D eigenvalue weighted by molar-refractivity contribution is 0.198. The van der Waals surface area contributed by atoms with Crippen molar-refractivity contribution in [3.63, 3.8) is 0 Å². The fourth-order valence-electron chi connectivity index (χ4n) is 2.95. The first-order valence-electron chi connectivity index (χ1n) is 8.46. The number of likely N-dealkylation sites (N-methyl/N-ethyl adjacent to an activating group) is 1. The van der Waals surface area contributed by atoms with Crippen molar-refractivity contribution in [1.29, 1.82) is 0 Å². The minimum absolute atomic E-state index is 0.0922. The van der Waals surface area contributed by atoms with Crippen LogP contribution in [-0.2, 0) is 0 Å². The summed E-state index contributed by atoms with van der Waals surface area (Å²) in [5, 5.41) is 3.18. The molecule has 130 valence electrons. The smallest absolute Gasteiger partial charge is 0.193 e. The number of furan rings is 1. The minimum atomic E-state index is 0.0922. The Balaban J connectivity index is 2.10. The van der Waals surface area contributed by atoms with Gasteiger partial charge in [0.2, 0.25) is 0 Å². The van der Waals surface area contributed by atoms with Gasteiger partial charge >= 0.3 is 0 Å². The van der Waals surface area contributed by atoms with Gasteiger partial charge in [0.05, 0.1) is 18.8 Å². The average molecular weight is 328 g/mol. The van der Waals surface area contributed by atoms with Crippen LogP contribution < -0.4 is 11.1 Å². The number of nitrogens with two attached hydrogens (primary N) is 1. The zero-order valence-corrected chi connectivity index (χ0v) is 15.0. The standard InChI is InChI=1S/C19H28N4O/c1-5-23(6-2)17(18-8-7-9-24-18)13-21-19(20)22-16-11-14(3)10-15(4)12-16/h7-12,17H,5-6,13H2,1-4H3,(H3,20,21,22). The van der Waals surface area contributed by atoms with Crippen LogP contribution in [0.1, 0.15) is 36.8 Å². The van der Waals surface area contributed by atoms with Gasteiger partial charge in [0, 0.05) is 5.69 Å². The largest absolute Gasteiger partial charge is 0.468 e. The lowest BCUT2D eigenvalue weighted by atomic mass is 10.1. The number of hydrogen-bond donors (Lipinski definition) is 2. The number of rotatable bonds is 7. The van der Waals surface area contributed by atoms with E-state index in [0.29, 0.717) is 12.5 Å². The summed E-state index contributed by atoms with van der Waals surface area (Å²) < 4.78 is 5.59. The molecular formula is C19H28N4O. The first-order chi connectivity index (χ1) is 11.5. The maximum atomic E-state index is 6.08. The zero-order valence-electron chi connectivity index (χ0n) is 15.0. The summed E-state index contributed by atoms with van der Waals surface area (Å²) in [6.07, 6.45) is 1.70. The number of aryl methyl sites for hydroxylation is 2. The molecule has 1 unspecified atom stereocenters. The molecule has 3 N–H and O–H groups in total. The number of nitrogens with zero attached hydrogens (tertiary/aromatic N) is 2. The molecule has 0 fully saturated rings. The number of hydrogen-bond acceptors (Lipinski definition) is 3. The van der Waals surface area contributed by atoms with E-state index in [1.54, 1.807) is 6.26 Å². The summed E-state index contributed by atoms with van der Waals surface area (Å²) in [6, 6.07) is 10.2. The molecule has 2 aromatic rings. The van der Waals surface area contributed by atoms with Gasteiger partial charge in [0.15, 0.2) is 5.96 Å². The summed E-state index contributed by atoms with van der Waals surface area (Å²) in [5.74, 6) is 1.34. The van der Waals surface area contributed by atoms with Crippen molar-refractivity contribution in [1.82, 2.24) is 4.90 Å². The fourth-order valence-corrected chi connectivity index (χ4v) is 2.95. The molecule has 0 amide bonds. The van der Waals surface area contributed by atoms with Crippen LogP contribution in [-0.4, -0.2) is 30.5 Å². The Morgan fingerprint density at radius 1 is 1.21 bits per heavy atom. The molecule has 0 saturated carbocycles. The number of benzene rings is 1. The van der Waals surface area contributed by atoms with Gasteiger partial charge in [-0.2, -0.15) is 0 Å². The van der Waals surface area contributed by atoms with Crippen LogP contribution in [0.25, 0.3) is 0 Å². The number of nitrogens with one attached hydrogen (secondary N) is 1. The highest BCUT2D eigenvalue weighted by Crippen LogP contribution is 2.21. The molecule has 0 bridgehead atoms. The molecule has 2 rings (SSSR count). The van der Waals surface area contributed by atoms with Gasteiger partial charge in [-0.3, -0.25) is 9.89 Å². The molecule has 0 aliphatic heterocycles. The molecule has 1 aromatic heterocycles. The third kappa shape index (κ3) is 4.86. The number of aliphatic imine (C=N–C) groups is 1. The van der Waals surface area contributed by atoms with Crippen LogP contribution in [0.5, 0.6) is 0 Å². The van der Waals surface area contributed by atoms with Crippen LogP contribution in [0.15, 0.2) is 46.0 Å². The predicted octanol–water partition coefficient (Wildman–Crippen LogP) is 3.71. The highest BCUT2D eigenvalue weighted by atomic mass is 16.3. The van der Waals surface area contributed by atoms with E-state index in [4.69, 9.17) is 10.2 Å². The molecule has 0 saturated heterocycles. The van der Waals surface area contributed by atoms with E-state index in [1.807, 2.05) is 12.1 Å². The van der Waals surface area contributed by atoms with Gasteiger partial charge in [0.1, 0.15) is 5.76 Å². The van der Waals surface area contributed by atoms with Gasteiger partial charge in [0.25, 0.3) is 0 Å². The third-order valence-corrected chi connectivity index (χ3v) is 4.05. The predicted molar refractivity (Wildman–Crippen MR) is 100 cm³/mol. The molecule has 0 aliphatic rings. The maximum Gasteiger partial charge on any atom is 0.193 e. The Hall–Kier alpha value is -2.27. The lowest BCUT2D eigenvalue weighted by Crippen LogP contribution is -2.31. The Labute approximate surface area is 144 Å². The second-order valence-electron chi connectivity index (χ2n) is 5.98. The number of anilines is 1. The van der Waals surface area contributed by atoms with Crippen LogP contribution in [0, 0.1) is 13.8 Å². The number of guanidine groups is 1. The monoisotopic (exact) mass is 328 g/mol. The lowest BCUT2D eigenvalue weighted by Gasteiger charge is -2.26. The summed E-state index contributed by atoms with van der Waals surface area (Å²) in [5.41, 5.74) is 9.44. The molecule has 1 heterocycles. The Kier molecular flexibility index (Phi) is 6.44. The quantitative estimate of drug-likeness (QED) is 0.601.